The molecule has 1 amide bonds. The van der Waals surface area contributed by atoms with E-state index >= 15 is 0 Å². The minimum absolute atomic E-state index is 0.298. The van der Waals surface area contributed by atoms with Crippen LogP contribution in [0.2, 0.25) is 0 Å². The molecule has 0 aliphatic heterocycles. The molecular weight excluding hydrogens is 422 g/mol. The van der Waals surface area contributed by atoms with Crippen molar-refractivity contribution in [1.29, 1.82) is 0 Å². The largest absolute Gasteiger partial charge is 0.444 e. The second-order valence-corrected chi connectivity index (χ2v) is 8.40. The number of pyridine rings is 2. The van der Waals surface area contributed by atoms with Crippen molar-refractivity contribution in [3.05, 3.63) is 83.3 Å². The molecule has 3 N–H and O–H groups in total. The summed E-state index contributed by atoms with van der Waals surface area (Å²) in [6.45, 7) is 4.54. The van der Waals surface area contributed by atoms with Gasteiger partial charge in [0.2, 0.25) is 5.06 Å². The molecule has 0 aliphatic carbocycles. The average molecular weight is 446 g/mol. The minimum Gasteiger partial charge on any atom is -0.444 e. The number of carbonyl (C=O) groups is 1. The molecule has 4 aromatic rings. The molecule has 7 nitrogen and oxygen atoms in total. The van der Waals surface area contributed by atoms with Crippen molar-refractivity contribution in [3.63, 3.8) is 0 Å². The Balaban J connectivity index is 1.56. The van der Waals surface area contributed by atoms with Crippen molar-refractivity contribution in [2.45, 2.75) is 26.3 Å². The number of nitrogens with zero attached hydrogens (tertiary/aromatic N) is 3. The fraction of sp³-hybridized carbons (Fsp3) is 0.167. The number of nitrogens with two attached hydrogens (primary N) is 1. The van der Waals surface area contributed by atoms with Gasteiger partial charge in [-0.3, -0.25) is 9.78 Å². The van der Waals surface area contributed by atoms with Crippen LogP contribution in [0.25, 0.3) is 11.3 Å². The van der Waals surface area contributed by atoms with Gasteiger partial charge in [-0.25, -0.2) is 9.97 Å². The van der Waals surface area contributed by atoms with Gasteiger partial charge in [0.1, 0.15) is 17.3 Å². The van der Waals surface area contributed by atoms with Crippen LogP contribution in [0.1, 0.15) is 40.8 Å². The highest BCUT2D eigenvalue weighted by Crippen LogP contribution is 2.40. The van der Waals surface area contributed by atoms with E-state index in [-0.39, 0.29) is 0 Å². The number of hydrogen-bond donors (Lipinski definition) is 2. The van der Waals surface area contributed by atoms with Gasteiger partial charge in [-0.05, 0) is 18.2 Å². The van der Waals surface area contributed by atoms with Crippen molar-refractivity contribution >= 4 is 23.1 Å². The molecule has 0 unspecified atom stereocenters. The van der Waals surface area contributed by atoms with Crippen LogP contribution in [0.15, 0.2) is 67.0 Å². The fourth-order valence-corrected chi connectivity index (χ4v) is 4.03. The lowest BCUT2D eigenvalue weighted by atomic mass is 10.1. The smallest absolute Gasteiger partial charge is 0.250 e. The lowest BCUT2D eigenvalue weighted by Crippen LogP contribution is -2.16. The summed E-state index contributed by atoms with van der Waals surface area (Å²) in [6.07, 6.45) is 3.29. The molecule has 0 fully saturated rings. The zero-order chi connectivity index (χ0) is 22.5. The van der Waals surface area contributed by atoms with Gasteiger partial charge in [-0.1, -0.05) is 55.5 Å². The maximum Gasteiger partial charge on any atom is 0.250 e. The predicted octanol–water partition coefficient (Wildman–Crippen LogP) is 5.23. The van der Waals surface area contributed by atoms with Crippen LogP contribution >= 0.6 is 11.3 Å². The number of nitrogens with one attached hydrogen (secondary N) is 1. The van der Waals surface area contributed by atoms with Crippen molar-refractivity contribution in [2.75, 3.05) is 5.32 Å². The van der Waals surface area contributed by atoms with Gasteiger partial charge in [-0.15, -0.1) is 0 Å². The Hall–Kier alpha value is -3.78. The molecule has 1 aromatic carbocycles. The van der Waals surface area contributed by atoms with Crippen molar-refractivity contribution in [2.24, 2.45) is 5.73 Å². The van der Waals surface area contributed by atoms with Gasteiger partial charge >= 0.3 is 0 Å². The highest BCUT2D eigenvalue weighted by Gasteiger charge is 2.17. The number of anilines is 1. The number of ether oxygens (including phenoxy) is 1. The summed E-state index contributed by atoms with van der Waals surface area (Å²) in [4.78, 5) is 25.0. The predicted molar refractivity (Wildman–Crippen MR) is 126 cm³/mol. The second-order valence-electron chi connectivity index (χ2n) is 7.40. The molecule has 3 aromatic heterocycles. The van der Waals surface area contributed by atoms with Crippen molar-refractivity contribution in [3.8, 4) is 22.1 Å². The summed E-state index contributed by atoms with van der Waals surface area (Å²) in [5.74, 6) is 1.01. The van der Waals surface area contributed by atoms with E-state index in [1.165, 1.54) is 0 Å². The number of rotatable bonds is 8. The van der Waals surface area contributed by atoms with Crippen LogP contribution < -0.4 is 15.8 Å². The van der Waals surface area contributed by atoms with Crippen LogP contribution in [-0.2, 0) is 6.54 Å². The number of thiazole rings is 1. The first kappa shape index (κ1) is 21.5. The molecule has 0 saturated heterocycles. The van der Waals surface area contributed by atoms with E-state index in [2.05, 4.69) is 29.1 Å². The molecule has 4 rings (SSSR count). The number of primary amides is 1. The summed E-state index contributed by atoms with van der Waals surface area (Å²) >= 11 is 1.54. The Morgan fingerprint density at radius 2 is 1.91 bits per heavy atom. The average Bonchev–Trinajstić information content (AvgIpc) is 3.23. The van der Waals surface area contributed by atoms with Gasteiger partial charge in [0.15, 0.2) is 0 Å². The van der Waals surface area contributed by atoms with Gasteiger partial charge < -0.3 is 15.8 Å². The first-order valence-electron chi connectivity index (χ1n) is 10.2. The third kappa shape index (κ3) is 4.92. The monoisotopic (exact) mass is 445 g/mol. The molecule has 3 heterocycles. The van der Waals surface area contributed by atoms with Gasteiger partial charge in [0, 0.05) is 29.9 Å². The highest BCUT2D eigenvalue weighted by molar-refractivity contribution is 7.14. The Morgan fingerprint density at radius 3 is 2.66 bits per heavy atom. The molecule has 0 aliphatic rings. The van der Waals surface area contributed by atoms with E-state index in [0.29, 0.717) is 35.3 Å². The number of aromatic nitrogens is 3. The van der Waals surface area contributed by atoms with E-state index in [1.807, 2.05) is 30.3 Å². The summed E-state index contributed by atoms with van der Waals surface area (Å²) in [5.41, 5.74) is 8.20. The van der Waals surface area contributed by atoms with Crippen LogP contribution in [0.5, 0.6) is 10.8 Å². The first-order chi connectivity index (χ1) is 15.5. The molecule has 32 heavy (non-hydrogen) atoms. The minimum atomic E-state index is -0.514. The van der Waals surface area contributed by atoms with Crippen molar-refractivity contribution < 1.29 is 9.53 Å². The molecule has 162 valence electrons. The first-order valence-corrected chi connectivity index (χ1v) is 11.0. The second kappa shape index (κ2) is 9.57. The molecule has 8 heteroatoms. The quantitative estimate of drug-likeness (QED) is 0.385. The summed E-state index contributed by atoms with van der Waals surface area (Å²) in [5, 5.41) is 4.93. The Morgan fingerprint density at radius 1 is 1.09 bits per heavy atom. The fourth-order valence-electron chi connectivity index (χ4n) is 3.07. The number of amides is 1. The van der Waals surface area contributed by atoms with Gasteiger partial charge in [0.05, 0.1) is 22.8 Å². The Kier molecular flexibility index (Phi) is 6.42. The lowest BCUT2D eigenvalue weighted by Gasteiger charge is -2.10. The van der Waals surface area contributed by atoms with E-state index in [1.54, 1.807) is 48.0 Å². The Labute approximate surface area is 190 Å². The standard InChI is InChI=1S/C24H23N5O2S/c1-15(2)23-29-21(16-7-4-3-5-8-16)24(32-23)31-17-10-12-27-20(13-17)28-14-19-18(22(25)30)9-6-11-26-19/h3-13,15H,14H2,1-2H3,(H2,25,30)(H,27,28). The van der Waals surface area contributed by atoms with Crippen LogP contribution in [0.4, 0.5) is 5.82 Å². The van der Waals surface area contributed by atoms with Crippen LogP contribution in [0.3, 0.4) is 0 Å². The summed E-state index contributed by atoms with van der Waals surface area (Å²) < 4.78 is 6.24. The van der Waals surface area contributed by atoms with Crippen LogP contribution in [-0.4, -0.2) is 20.9 Å². The van der Waals surface area contributed by atoms with E-state index in [4.69, 9.17) is 15.5 Å². The van der Waals surface area contributed by atoms with Gasteiger partial charge in [-0.2, -0.15) is 0 Å². The topological polar surface area (TPSA) is 103 Å². The number of hydrogen-bond acceptors (Lipinski definition) is 7. The zero-order valence-corrected chi connectivity index (χ0v) is 18.6. The van der Waals surface area contributed by atoms with Crippen LogP contribution in [0, 0.1) is 0 Å². The summed E-state index contributed by atoms with van der Waals surface area (Å²) in [6, 6.07) is 16.9. The van der Waals surface area contributed by atoms with Crippen molar-refractivity contribution in [1.82, 2.24) is 15.0 Å². The number of benzene rings is 1. The molecule has 0 spiro atoms. The molecule has 0 atom stereocenters. The highest BCUT2D eigenvalue weighted by atomic mass is 32.1. The van der Waals surface area contributed by atoms with E-state index in [0.717, 1.165) is 21.3 Å². The normalized spacial score (nSPS) is 10.8. The maximum atomic E-state index is 11.6. The SMILES string of the molecule is CC(C)c1nc(-c2ccccc2)c(Oc2ccnc(NCc3ncccc3C(N)=O)c2)s1. The zero-order valence-electron chi connectivity index (χ0n) is 17.8. The van der Waals surface area contributed by atoms with E-state index in [9.17, 15) is 4.79 Å². The molecule has 0 radical (unpaired) electrons. The third-order valence-corrected chi connectivity index (χ3v) is 5.92. The Bertz CT molecular complexity index is 1220. The third-order valence-electron chi connectivity index (χ3n) is 4.69. The molecular formula is C24H23N5O2S. The van der Waals surface area contributed by atoms with E-state index < -0.39 is 5.91 Å². The molecule has 0 bridgehead atoms. The maximum absolute atomic E-state index is 11.6. The molecule has 0 saturated carbocycles. The van der Waals surface area contributed by atoms with Gasteiger partial charge in [0.25, 0.3) is 5.91 Å². The summed E-state index contributed by atoms with van der Waals surface area (Å²) in [7, 11) is 0. The number of carbonyl (C=O) groups excluding carboxylic acids is 1. The lowest BCUT2D eigenvalue weighted by molar-refractivity contribution is 0.0999.